The molecule has 2 fully saturated rings. The van der Waals surface area contributed by atoms with Gasteiger partial charge < -0.3 is 34.9 Å². The molecule has 0 unspecified atom stereocenters. The number of hydrogen-bond donors (Lipinski definition) is 3. The van der Waals surface area contributed by atoms with Crippen LogP contribution in [-0.4, -0.2) is 87.9 Å². The Morgan fingerprint density at radius 2 is 1.37 bits per heavy atom. The molecule has 0 bridgehead atoms. The standard InChI is InChI=1S/C50H55N7O6/c1-30(2)44(54-49(60)62-5)47(58)57-24-10-14-43(57)46-52-29-41(53-46)38-22-21-36-25-35(19-20-37(36)26-38)32-15-17-33(18-16-32)39-27-40(51-28-39)42-13-9-23-56(42)48(59)45(34-11-7-6-8-12-34)55-50(61)63-31(3)4/h6-8,11-12,15-22,25-26,28-31,42-45H,9-10,13-14,23-24,27H2,1-5H3,(H,52,53)(H,54,60)(H,55,61)/t42-,43-,44-,45+/m0/s1. The molecule has 13 nitrogen and oxygen atoms in total. The van der Waals surface area contributed by atoms with Gasteiger partial charge in [-0.05, 0) is 96.2 Å². The van der Waals surface area contributed by atoms with E-state index < -0.39 is 24.3 Å². The van der Waals surface area contributed by atoms with E-state index in [0.717, 1.165) is 81.5 Å². The second kappa shape index (κ2) is 18.7. The minimum absolute atomic E-state index is 0.106. The average Bonchev–Trinajstić information content (AvgIpc) is 4.14. The molecule has 4 heterocycles. The van der Waals surface area contributed by atoms with E-state index in [-0.39, 0.29) is 35.9 Å². The summed E-state index contributed by atoms with van der Waals surface area (Å²) in [4.78, 5) is 69.2. The van der Waals surface area contributed by atoms with E-state index in [9.17, 15) is 19.2 Å². The van der Waals surface area contributed by atoms with Crippen molar-refractivity contribution in [3.63, 3.8) is 0 Å². The summed E-state index contributed by atoms with van der Waals surface area (Å²) in [5.41, 5.74) is 7.92. The fourth-order valence-electron chi connectivity index (χ4n) is 8.98. The first-order chi connectivity index (χ1) is 30.5. The summed E-state index contributed by atoms with van der Waals surface area (Å²) in [6, 6.07) is 28.8. The third kappa shape index (κ3) is 9.37. The van der Waals surface area contributed by atoms with E-state index in [0.29, 0.717) is 25.1 Å². The first-order valence-electron chi connectivity index (χ1n) is 21.9. The lowest BCUT2D eigenvalue weighted by atomic mass is 9.95. The number of methoxy groups -OCH3 is 1. The van der Waals surface area contributed by atoms with Crippen molar-refractivity contribution in [3.8, 4) is 22.4 Å². The molecule has 3 aliphatic rings. The number of alkyl carbamates (subject to hydrolysis) is 2. The molecular formula is C50H55N7O6. The third-order valence-electron chi connectivity index (χ3n) is 12.2. The van der Waals surface area contributed by atoms with Crippen LogP contribution in [0.15, 0.2) is 108 Å². The van der Waals surface area contributed by atoms with Gasteiger partial charge in [-0.1, -0.05) is 92.7 Å². The van der Waals surface area contributed by atoms with Gasteiger partial charge >= 0.3 is 12.2 Å². The molecule has 5 aromatic rings. The number of carbonyl (C=O) groups is 4. The Kier molecular flexibility index (Phi) is 12.7. The Labute approximate surface area is 368 Å². The molecular weight excluding hydrogens is 795 g/mol. The lowest BCUT2D eigenvalue weighted by Crippen LogP contribution is -2.51. The molecule has 0 aliphatic carbocycles. The number of benzene rings is 4. The van der Waals surface area contributed by atoms with Gasteiger partial charge in [0.15, 0.2) is 0 Å². The molecule has 0 radical (unpaired) electrons. The fraction of sp³-hybridized carbons (Fsp3) is 0.360. The van der Waals surface area contributed by atoms with Gasteiger partial charge in [0.05, 0.1) is 37.2 Å². The van der Waals surface area contributed by atoms with Gasteiger partial charge in [0.25, 0.3) is 0 Å². The molecule has 0 spiro atoms. The number of aromatic nitrogens is 2. The van der Waals surface area contributed by atoms with Crippen LogP contribution in [0.2, 0.25) is 0 Å². The molecule has 4 amide bonds. The number of aliphatic imine (C=N–C) groups is 1. The smallest absolute Gasteiger partial charge is 0.408 e. The van der Waals surface area contributed by atoms with Crippen LogP contribution < -0.4 is 10.6 Å². The van der Waals surface area contributed by atoms with Crippen LogP contribution in [0.4, 0.5) is 9.59 Å². The van der Waals surface area contributed by atoms with E-state index in [1.54, 1.807) is 13.8 Å². The number of ether oxygens (including phenoxy) is 2. The molecule has 326 valence electrons. The van der Waals surface area contributed by atoms with Crippen LogP contribution in [0.1, 0.15) is 88.8 Å². The molecule has 2 saturated heterocycles. The molecule has 0 saturated carbocycles. The van der Waals surface area contributed by atoms with Crippen LogP contribution in [0.3, 0.4) is 0 Å². The highest BCUT2D eigenvalue weighted by Gasteiger charge is 2.39. The van der Waals surface area contributed by atoms with E-state index in [4.69, 9.17) is 19.5 Å². The van der Waals surface area contributed by atoms with E-state index in [2.05, 4.69) is 76.3 Å². The number of nitrogens with zero attached hydrogens (tertiary/aromatic N) is 4. The Balaban J connectivity index is 0.910. The maximum Gasteiger partial charge on any atom is 0.408 e. The summed E-state index contributed by atoms with van der Waals surface area (Å²) in [5, 5.41) is 7.73. The lowest BCUT2D eigenvalue weighted by Gasteiger charge is -2.30. The number of aromatic amines is 1. The molecule has 4 atom stereocenters. The maximum atomic E-state index is 14.1. The minimum Gasteiger partial charge on any atom is -0.453 e. The van der Waals surface area contributed by atoms with Crippen LogP contribution in [0.5, 0.6) is 0 Å². The largest absolute Gasteiger partial charge is 0.453 e. The molecule has 3 aliphatic heterocycles. The van der Waals surface area contributed by atoms with Gasteiger partial charge in [0, 0.05) is 37.0 Å². The van der Waals surface area contributed by atoms with Gasteiger partial charge in [-0.3, -0.25) is 14.6 Å². The number of rotatable bonds is 12. The summed E-state index contributed by atoms with van der Waals surface area (Å²) in [6.45, 7) is 8.56. The van der Waals surface area contributed by atoms with Crippen LogP contribution in [0.25, 0.3) is 38.7 Å². The third-order valence-corrected chi connectivity index (χ3v) is 12.2. The highest BCUT2D eigenvalue weighted by molar-refractivity contribution is 6.04. The van der Waals surface area contributed by atoms with Crippen molar-refractivity contribution in [2.45, 2.75) is 90.1 Å². The van der Waals surface area contributed by atoms with Gasteiger partial charge in [-0.15, -0.1) is 0 Å². The quantitative estimate of drug-likeness (QED) is 0.113. The van der Waals surface area contributed by atoms with E-state index in [1.165, 1.54) is 7.11 Å². The van der Waals surface area contributed by atoms with Gasteiger partial charge in [0.2, 0.25) is 11.8 Å². The molecule has 1 aromatic heterocycles. The highest BCUT2D eigenvalue weighted by Crippen LogP contribution is 2.36. The predicted molar refractivity (Wildman–Crippen MR) is 244 cm³/mol. The molecule has 4 aromatic carbocycles. The zero-order valence-electron chi connectivity index (χ0n) is 36.5. The Bertz CT molecular complexity index is 2550. The van der Waals surface area contributed by atoms with Crippen LogP contribution in [-0.2, 0) is 19.1 Å². The maximum absolute atomic E-state index is 14.1. The first kappa shape index (κ1) is 42.9. The topological polar surface area (TPSA) is 158 Å². The summed E-state index contributed by atoms with van der Waals surface area (Å²) in [7, 11) is 1.29. The number of H-pyrrole nitrogens is 1. The molecule has 13 heteroatoms. The number of amides is 4. The number of nitrogens with one attached hydrogen (secondary N) is 3. The predicted octanol–water partition coefficient (Wildman–Crippen LogP) is 8.99. The SMILES string of the molecule is COC(=O)N[C@H](C(=O)N1CCC[C@H]1c1ncc(-c2ccc3cc(-c4ccc(C5=CN=C([C@@H]6CCCN6C(=O)[C@H](NC(=O)OC(C)C)c6ccccc6)C5)cc4)ccc3c2)[nH]1)C(C)C. The zero-order valence-corrected chi connectivity index (χ0v) is 36.5. The summed E-state index contributed by atoms with van der Waals surface area (Å²) < 4.78 is 10.1. The Hall–Kier alpha value is -6.76. The number of hydrogen-bond acceptors (Lipinski definition) is 8. The van der Waals surface area contributed by atoms with E-state index >= 15 is 0 Å². The first-order valence-corrected chi connectivity index (χ1v) is 21.9. The lowest BCUT2D eigenvalue weighted by molar-refractivity contribution is -0.135. The number of allylic oxidation sites excluding steroid dienone is 1. The van der Waals surface area contributed by atoms with Crippen LogP contribution in [0, 0.1) is 5.92 Å². The number of imidazole rings is 1. The van der Waals surface area contributed by atoms with Crippen LogP contribution >= 0.6 is 0 Å². The second-order valence-electron chi connectivity index (χ2n) is 17.2. The minimum atomic E-state index is -0.863. The average molecular weight is 850 g/mol. The molecule has 8 rings (SSSR count). The van der Waals surface area contributed by atoms with Crippen molar-refractivity contribution >= 4 is 46.1 Å². The molecule has 63 heavy (non-hydrogen) atoms. The normalized spacial score (nSPS) is 18.3. The monoisotopic (exact) mass is 849 g/mol. The van der Waals surface area contributed by atoms with Crippen molar-refractivity contribution < 1.29 is 28.7 Å². The summed E-state index contributed by atoms with van der Waals surface area (Å²) in [6.07, 6.45) is 6.14. The van der Waals surface area contributed by atoms with Crippen molar-refractivity contribution in [2.75, 3.05) is 20.2 Å². The number of fused-ring (bicyclic) bond motifs is 1. The van der Waals surface area contributed by atoms with Crippen molar-refractivity contribution in [1.29, 1.82) is 0 Å². The second-order valence-corrected chi connectivity index (χ2v) is 17.2. The highest BCUT2D eigenvalue weighted by atomic mass is 16.6. The summed E-state index contributed by atoms with van der Waals surface area (Å²) in [5.74, 6) is 0.322. The van der Waals surface area contributed by atoms with E-state index in [1.807, 2.05) is 66.4 Å². The van der Waals surface area contributed by atoms with Crippen molar-refractivity contribution in [3.05, 3.63) is 120 Å². The summed E-state index contributed by atoms with van der Waals surface area (Å²) >= 11 is 0. The number of carbonyl (C=O) groups excluding carboxylic acids is 4. The van der Waals surface area contributed by atoms with Crippen molar-refractivity contribution in [2.24, 2.45) is 10.9 Å². The zero-order chi connectivity index (χ0) is 44.2. The van der Waals surface area contributed by atoms with Gasteiger partial charge in [-0.2, -0.15) is 0 Å². The number of likely N-dealkylation sites (tertiary alicyclic amines) is 2. The van der Waals surface area contributed by atoms with Crippen molar-refractivity contribution in [1.82, 2.24) is 30.4 Å². The Morgan fingerprint density at radius 1 is 0.730 bits per heavy atom. The van der Waals surface area contributed by atoms with Gasteiger partial charge in [-0.25, -0.2) is 14.6 Å². The Morgan fingerprint density at radius 3 is 2.05 bits per heavy atom. The fourth-order valence-corrected chi connectivity index (χ4v) is 8.98. The molecule has 3 N–H and O–H groups in total. The van der Waals surface area contributed by atoms with Gasteiger partial charge in [0.1, 0.15) is 17.9 Å².